The standard InChI is InChI=1S/C15H13N3O4S/c1-8(9-2-3-11-10(6-9)7-13(19)17-11)16-15(20)12-4-5-14(23-12)18(21)22/h2-6,8H,7H2,1H3,(H,16,20)(H,17,19)/t8-/m1/s1. The summed E-state index contributed by atoms with van der Waals surface area (Å²) in [6.45, 7) is 1.83. The minimum Gasteiger partial charge on any atom is -0.345 e. The van der Waals surface area contributed by atoms with Crippen LogP contribution in [0.5, 0.6) is 0 Å². The second-order valence-corrected chi connectivity index (χ2v) is 6.29. The topological polar surface area (TPSA) is 101 Å². The number of carbonyl (C=O) groups excluding carboxylic acids is 2. The monoisotopic (exact) mass is 331 g/mol. The van der Waals surface area contributed by atoms with E-state index in [0.717, 1.165) is 28.2 Å². The highest BCUT2D eigenvalue weighted by Gasteiger charge is 2.21. The summed E-state index contributed by atoms with van der Waals surface area (Å²) in [7, 11) is 0. The Morgan fingerprint density at radius 3 is 2.87 bits per heavy atom. The lowest BCUT2D eigenvalue weighted by Gasteiger charge is -2.14. The van der Waals surface area contributed by atoms with Crippen LogP contribution in [0.15, 0.2) is 30.3 Å². The highest BCUT2D eigenvalue weighted by Crippen LogP contribution is 2.27. The first-order chi connectivity index (χ1) is 10.9. The van der Waals surface area contributed by atoms with Gasteiger partial charge in [-0.25, -0.2) is 0 Å². The number of carbonyl (C=O) groups is 2. The zero-order valence-corrected chi connectivity index (χ0v) is 13.0. The molecule has 0 fully saturated rings. The molecule has 1 aliphatic rings. The zero-order chi connectivity index (χ0) is 16.6. The first-order valence-electron chi connectivity index (χ1n) is 6.92. The van der Waals surface area contributed by atoms with Crippen molar-refractivity contribution in [2.75, 3.05) is 5.32 Å². The molecule has 2 heterocycles. The van der Waals surface area contributed by atoms with Gasteiger partial charge < -0.3 is 10.6 Å². The number of amides is 2. The Morgan fingerprint density at radius 1 is 1.39 bits per heavy atom. The van der Waals surface area contributed by atoms with E-state index in [0.29, 0.717) is 11.3 Å². The molecule has 0 aliphatic carbocycles. The van der Waals surface area contributed by atoms with Crippen molar-refractivity contribution in [3.8, 4) is 0 Å². The van der Waals surface area contributed by atoms with E-state index in [1.165, 1.54) is 12.1 Å². The lowest BCUT2D eigenvalue weighted by Crippen LogP contribution is -2.25. The van der Waals surface area contributed by atoms with E-state index < -0.39 is 4.92 Å². The molecule has 0 saturated carbocycles. The summed E-state index contributed by atoms with van der Waals surface area (Å²) in [5.41, 5.74) is 2.58. The number of nitrogens with zero attached hydrogens (tertiary/aromatic N) is 1. The molecule has 118 valence electrons. The van der Waals surface area contributed by atoms with E-state index in [-0.39, 0.29) is 22.9 Å². The zero-order valence-electron chi connectivity index (χ0n) is 12.2. The van der Waals surface area contributed by atoms with Gasteiger partial charge >= 0.3 is 5.00 Å². The van der Waals surface area contributed by atoms with Crippen molar-refractivity contribution >= 4 is 33.8 Å². The van der Waals surface area contributed by atoms with Gasteiger partial charge in [0.05, 0.1) is 22.3 Å². The predicted octanol–water partition coefficient (Wildman–Crippen LogP) is 2.64. The quantitative estimate of drug-likeness (QED) is 0.664. The number of thiophene rings is 1. The molecule has 1 aromatic heterocycles. The molecule has 8 heteroatoms. The molecule has 3 rings (SSSR count). The van der Waals surface area contributed by atoms with Gasteiger partial charge in [-0.2, -0.15) is 0 Å². The third kappa shape index (κ3) is 3.07. The smallest absolute Gasteiger partial charge is 0.324 e. The molecule has 0 spiro atoms. The minimum absolute atomic E-state index is 0.0419. The van der Waals surface area contributed by atoms with Crippen molar-refractivity contribution in [1.82, 2.24) is 5.32 Å². The summed E-state index contributed by atoms with van der Waals surface area (Å²) in [6.07, 6.45) is 0.334. The Hall–Kier alpha value is -2.74. The van der Waals surface area contributed by atoms with E-state index >= 15 is 0 Å². The largest absolute Gasteiger partial charge is 0.345 e. The average molecular weight is 331 g/mol. The molecule has 7 nitrogen and oxygen atoms in total. The summed E-state index contributed by atoms with van der Waals surface area (Å²) in [4.78, 5) is 34.0. The first kappa shape index (κ1) is 15.2. The maximum absolute atomic E-state index is 12.2. The molecule has 2 N–H and O–H groups in total. The van der Waals surface area contributed by atoms with Crippen molar-refractivity contribution < 1.29 is 14.5 Å². The van der Waals surface area contributed by atoms with Crippen LogP contribution in [0, 0.1) is 10.1 Å². The van der Waals surface area contributed by atoms with Crippen LogP contribution in [0.25, 0.3) is 0 Å². The lowest BCUT2D eigenvalue weighted by molar-refractivity contribution is -0.380. The van der Waals surface area contributed by atoms with Gasteiger partial charge in [-0.3, -0.25) is 19.7 Å². The minimum atomic E-state index is -0.518. The molecule has 1 aromatic carbocycles. The van der Waals surface area contributed by atoms with Crippen molar-refractivity contribution in [3.05, 3.63) is 56.5 Å². The van der Waals surface area contributed by atoms with Crippen LogP contribution in [-0.4, -0.2) is 16.7 Å². The van der Waals surface area contributed by atoms with Gasteiger partial charge in [0.15, 0.2) is 0 Å². The van der Waals surface area contributed by atoms with Gasteiger partial charge in [0.1, 0.15) is 0 Å². The van der Waals surface area contributed by atoms with Crippen molar-refractivity contribution in [1.29, 1.82) is 0 Å². The Labute approximate surface area is 135 Å². The molecule has 0 saturated heterocycles. The Bertz CT molecular complexity index is 815. The second kappa shape index (κ2) is 5.81. The van der Waals surface area contributed by atoms with E-state index in [1.54, 1.807) is 0 Å². The number of anilines is 1. The van der Waals surface area contributed by atoms with Gasteiger partial charge in [-0.05, 0) is 30.2 Å². The highest BCUT2D eigenvalue weighted by molar-refractivity contribution is 7.17. The Morgan fingerprint density at radius 2 is 2.17 bits per heavy atom. The van der Waals surface area contributed by atoms with Gasteiger partial charge in [-0.15, -0.1) is 0 Å². The van der Waals surface area contributed by atoms with Gasteiger partial charge in [-0.1, -0.05) is 23.5 Å². The van der Waals surface area contributed by atoms with Gasteiger partial charge in [0.2, 0.25) is 5.91 Å². The normalized spacial score (nSPS) is 14.0. The molecule has 1 aliphatic heterocycles. The van der Waals surface area contributed by atoms with Crippen LogP contribution < -0.4 is 10.6 Å². The van der Waals surface area contributed by atoms with Crippen LogP contribution >= 0.6 is 11.3 Å². The number of nitro groups is 1. The fraction of sp³-hybridized carbons (Fsp3) is 0.200. The predicted molar refractivity (Wildman–Crippen MR) is 85.6 cm³/mol. The number of nitrogens with one attached hydrogen (secondary N) is 2. The van der Waals surface area contributed by atoms with Crippen LogP contribution in [0.4, 0.5) is 10.7 Å². The van der Waals surface area contributed by atoms with Gasteiger partial charge in [0.25, 0.3) is 5.91 Å². The molecule has 2 aromatic rings. The summed E-state index contributed by atoms with van der Waals surface area (Å²) >= 11 is 0.841. The van der Waals surface area contributed by atoms with E-state index in [2.05, 4.69) is 10.6 Å². The third-order valence-electron chi connectivity index (χ3n) is 3.60. The summed E-state index contributed by atoms with van der Waals surface area (Å²) in [5, 5.41) is 16.2. The maximum Gasteiger partial charge on any atom is 0.324 e. The van der Waals surface area contributed by atoms with Crippen molar-refractivity contribution in [2.24, 2.45) is 0 Å². The van der Waals surface area contributed by atoms with E-state index in [9.17, 15) is 19.7 Å². The summed E-state index contributed by atoms with van der Waals surface area (Å²) in [5.74, 6) is -0.398. The SMILES string of the molecule is C[C@@H](NC(=O)c1ccc([N+](=O)[O-])s1)c1ccc2c(c1)CC(=O)N2. The lowest BCUT2D eigenvalue weighted by atomic mass is 10.0. The third-order valence-corrected chi connectivity index (χ3v) is 4.63. The Balaban J connectivity index is 1.72. The molecule has 0 unspecified atom stereocenters. The number of rotatable bonds is 4. The summed E-state index contributed by atoms with van der Waals surface area (Å²) < 4.78 is 0. The average Bonchev–Trinajstić information content (AvgIpc) is 3.11. The van der Waals surface area contributed by atoms with Crippen molar-refractivity contribution in [2.45, 2.75) is 19.4 Å². The van der Waals surface area contributed by atoms with Crippen LogP contribution in [-0.2, 0) is 11.2 Å². The fourth-order valence-corrected chi connectivity index (χ4v) is 3.14. The molecular formula is C15H13N3O4S. The van der Waals surface area contributed by atoms with Crippen LogP contribution in [0.3, 0.4) is 0 Å². The van der Waals surface area contributed by atoms with Gasteiger partial charge in [0, 0.05) is 11.8 Å². The maximum atomic E-state index is 12.2. The van der Waals surface area contributed by atoms with E-state index in [1.807, 2.05) is 25.1 Å². The summed E-state index contributed by atoms with van der Waals surface area (Å²) in [6, 6.07) is 8.02. The number of hydrogen-bond donors (Lipinski definition) is 2. The van der Waals surface area contributed by atoms with Crippen LogP contribution in [0.2, 0.25) is 0 Å². The van der Waals surface area contributed by atoms with Crippen LogP contribution in [0.1, 0.15) is 33.8 Å². The molecule has 2 amide bonds. The molecule has 0 radical (unpaired) electrons. The first-order valence-corrected chi connectivity index (χ1v) is 7.73. The molecule has 0 bridgehead atoms. The second-order valence-electron chi connectivity index (χ2n) is 5.23. The number of fused-ring (bicyclic) bond motifs is 1. The Kier molecular flexibility index (Phi) is 3.83. The molecule has 23 heavy (non-hydrogen) atoms. The number of benzene rings is 1. The van der Waals surface area contributed by atoms with Crippen molar-refractivity contribution in [3.63, 3.8) is 0 Å². The highest BCUT2D eigenvalue weighted by atomic mass is 32.1. The fourth-order valence-electron chi connectivity index (χ4n) is 2.42. The van der Waals surface area contributed by atoms with E-state index in [4.69, 9.17) is 0 Å². The molecular weight excluding hydrogens is 318 g/mol. The number of hydrogen-bond acceptors (Lipinski definition) is 5. The molecule has 1 atom stereocenters.